The van der Waals surface area contributed by atoms with Gasteiger partial charge in [-0.3, -0.25) is 0 Å². The molecule has 22 heavy (non-hydrogen) atoms. The molecule has 1 fully saturated rings. The Morgan fingerprint density at radius 2 is 1.91 bits per heavy atom. The van der Waals surface area contributed by atoms with Gasteiger partial charge in [0, 0.05) is 36.0 Å². The van der Waals surface area contributed by atoms with E-state index in [0.717, 1.165) is 11.3 Å². The molecule has 116 valence electrons. The lowest BCUT2D eigenvalue weighted by molar-refractivity contribution is 0.0718. The fraction of sp³-hybridized carbons (Fsp3) is 0.412. The van der Waals surface area contributed by atoms with Crippen LogP contribution in [-0.4, -0.2) is 38.9 Å². The molecule has 0 aliphatic heterocycles. The van der Waals surface area contributed by atoms with E-state index in [-0.39, 0.29) is 24.5 Å². The van der Waals surface area contributed by atoms with Crippen molar-refractivity contribution in [1.82, 2.24) is 9.97 Å². The van der Waals surface area contributed by atoms with Crippen LogP contribution < -0.4 is 5.73 Å². The van der Waals surface area contributed by atoms with E-state index in [1.807, 2.05) is 36.4 Å². The molecule has 4 N–H and O–H groups in total. The maximum atomic E-state index is 9.97. The van der Waals surface area contributed by atoms with E-state index < -0.39 is 6.10 Å². The lowest BCUT2D eigenvalue weighted by Gasteiger charge is -2.21. The molecule has 5 nitrogen and oxygen atoms in total. The molecule has 3 rings (SSSR count). The van der Waals surface area contributed by atoms with E-state index in [9.17, 15) is 10.2 Å². The third kappa shape index (κ3) is 3.02. The lowest BCUT2D eigenvalue weighted by atomic mass is 9.89. The van der Waals surface area contributed by atoms with E-state index in [1.165, 1.54) is 0 Å². The van der Waals surface area contributed by atoms with Crippen molar-refractivity contribution in [2.24, 2.45) is 17.6 Å². The lowest BCUT2D eigenvalue weighted by Crippen LogP contribution is -2.31. The second kappa shape index (κ2) is 6.52. The summed E-state index contributed by atoms with van der Waals surface area (Å²) in [6.07, 6.45) is 2.40. The molecule has 0 spiro atoms. The number of aliphatic hydroxyl groups is 2. The number of rotatable bonds is 4. The first kappa shape index (κ1) is 15.1. The third-order valence-corrected chi connectivity index (χ3v) is 4.51. The van der Waals surface area contributed by atoms with Gasteiger partial charge in [0.25, 0.3) is 0 Å². The van der Waals surface area contributed by atoms with E-state index in [4.69, 9.17) is 5.73 Å². The molecular weight excluding hydrogens is 278 g/mol. The third-order valence-electron chi connectivity index (χ3n) is 4.51. The van der Waals surface area contributed by atoms with Crippen LogP contribution in [0.1, 0.15) is 12.1 Å². The molecule has 0 bridgehead atoms. The van der Waals surface area contributed by atoms with E-state index >= 15 is 0 Å². The second-order valence-corrected chi connectivity index (χ2v) is 5.92. The first-order valence-corrected chi connectivity index (χ1v) is 7.61. The summed E-state index contributed by atoms with van der Waals surface area (Å²) in [6.45, 7) is -0.0455. The minimum atomic E-state index is -0.527. The molecule has 0 unspecified atom stereocenters. The number of aliphatic hydroxyl groups excluding tert-OH is 2. The van der Waals surface area contributed by atoms with Crippen LogP contribution in [0, 0.1) is 11.8 Å². The van der Waals surface area contributed by atoms with Gasteiger partial charge in [-0.15, -0.1) is 0 Å². The highest BCUT2D eigenvalue weighted by molar-refractivity contribution is 5.54. The van der Waals surface area contributed by atoms with Gasteiger partial charge in [0.15, 0.2) is 5.82 Å². The maximum absolute atomic E-state index is 9.97. The zero-order valence-electron chi connectivity index (χ0n) is 12.3. The molecule has 1 aromatic carbocycles. The van der Waals surface area contributed by atoms with Gasteiger partial charge in [0.2, 0.25) is 0 Å². The second-order valence-electron chi connectivity index (χ2n) is 5.92. The molecule has 1 heterocycles. The van der Waals surface area contributed by atoms with E-state index in [0.29, 0.717) is 18.7 Å². The van der Waals surface area contributed by atoms with Crippen LogP contribution in [0.4, 0.5) is 0 Å². The summed E-state index contributed by atoms with van der Waals surface area (Å²) >= 11 is 0. The van der Waals surface area contributed by atoms with Crippen molar-refractivity contribution in [3.63, 3.8) is 0 Å². The van der Waals surface area contributed by atoms with Crippen molar-refractivity contribution in [2.45, 2.75) is 25.0 Å². The van der Waals surface area contributed by atoms with E-state index in [1.54, 1.807) is 6.20 Å². The number of nitrogens with two attached hydrogens (primary N) is 1. The number of benzene rings is 1. The van der Waals surface area contributed by atoms with Crippen LogP contribution in [-0.2, 0) is 6.42 Å². The minimum absolute atomic E-state index is 0.0403. The minimum Gasteiger partial charge on any atom is -0.396 e. The molecular formula is C17H21N3O2. The zero-order valence-corrected chi connectivity index (χ0v) is 12.3. The van der Waals surface area contributed by atoms with Crippen molar-refractivity contribution >= 4 is 0 Å². The van der Waals surface area contributed by atoms with Crippen LogP contribution in [0.2, 0.25) is 0 Å². The summed E-state index contributed by atoms with van der Waals surface area (Å²) in [5.41, 5.74) is 7.98. The summed E-state index contributed by atoms with van der Waals surface area (Å²) in [4.78, 5) is 8.92. The monoisotopic (exact) mass is 299 g/mol. The molecule has 0 amide bonds. The summed E-state index contributed by atoms with van der Waals surface area (Å²) in [5, 5.41) is 19.5. The average molecular weight is 299 g/mol. The fourth-order valence-corrected chi connectivity index (χ4v) is 3.27. The van der Waals surface area contributed by atoms with Crippen LogP contribution in [0.3, 0.4) is 0 Å². The molecule has 1 aliphatic carbocycles. The molecule has 5 heteroatoms. The Balaban J connectivity index is 1.81. The Morgan fingerprint density at radius 3 is 2.64 bits per heavy atom. The van der Waals surface area contributed by atoms with Gasteiger partial charge in [0.05, 0.1) is 6.10 Å². The Kier molecular flexibility index (Phi) is 4.47. The molecule has 0 radical (unpaired) electrons. The first-order valence-electron chi connectivity index (χ1n) is 7.61. The molecule has 4 atom stereocenters. The predicted molar refractivity (Wildman–Crippen MR) is 83.8 cm³/mol. The van der Waals surface area contributed by atoms with Crippen molar-refractivity contribution in [3.05, 3.63) is 48.3 Å². The van der Waals surface area contributed by atoms with Gasteiger partial charge in [-0.2, -0.15) is 0 Å². The highest BCUT2D eigenvalue weighted by Gasteiger charge is 2.40. The predicted octanol–water partition coefficient (Wildman–Crippen LogP) is 1.00. The SMILES string of the molecule is N[C@@H]1C[C@@H](O)[C@H](CO)[C@H]1Cc1ccnc(-c2ccccc2)n1. The molecule has 0 saturated heterocycles. The zero-order chi connectivity index (χ0) is 15.5. The maximum Gasteiger partial charge on any atom is 0.159 e. The van der Waals surface area contributed by atoms with Gasteiger partial charge in [0.1, 0.15) is 0 Å². The number of nitrogens with zero attached hydrogens (tertiary/aromatic N) is 2. The largest absolute Gasteiger partial charge is 0.396 e. The fourth-order valence-electron chi connectivity index (χ4n) is 3.27. The summed E-state index contributed by atoms with van der Waals surface area (Å²) in [6, 6.07) is 11.6. The molecule has 1 aliphatic rings. The Morgan fingerprint density at radius 1 is 1.14 bits per heavy atom. The highest BCUT2D eigenvalue weighted by atomic mass is 16.3. The summed E-state index contributed by atoms with van der Waals surface area (Å²) in [5.74, 6) is 0.550. The average Bonchev–Trinajstić information content (AvgIpc) is 2.82. The standard InChI is InChI=1S/C17H21N3O2/c18-15-9-16(22)14(10-21)13(15)8-12-6-7-19-17(20-12)11-4-2-1-3-5-11/h1-7,13-16,21-22H,8-10,18H2/t13-,14-,15-,16-/m1/s1. The topological polar surface area (TPSA) is 92.3 Å². The summed E-state index contributed by atoms with van der Waals surface area (Å²) in [7, 11) is 0. The Labute approximate surface area is 129 Å². The van der Waals surface area contributed by atoms with Crippen LogP contribution in [0.25, 0.3) is 11.4 Å². The van der Waals surface area contributed by atoms with Crippen LogP contribution in [0.5, 0.6) is 0 Å². The smallest absolute Gasteiger partial charge is 0.159 e. The number of hydrogen-bond donors (Lipinski definition) is 3. The van der Waals surface area contributed by atoms with Crippen molar-refractivity contribution < 1.29 is 10.2 Å². The van der Waals surface area contributed by atoms with Crippen LogP contribution in [0.15, 0.2) is 42.6 Å². The number of aromatic nitrogens is 2. The number of hydrogen-bond acceptors (Lipinski definition) is 5. The van der Waals surface area contributed by atoms with Gasteiger partial charge in [-0.05, 0) is 24.8 Å². The molecule has 1 saturated carbocycles. The van der Waals surface area contributed by atoms with Gasteiger partial charge < -0.3 is 15.9 Å². The van der Waals surface area contributed by atoms with Crippen molar-refractivity contribution in [2.75, 3.05) is 6.61 Å². The van der Waals surface area contributed by atoms with Crippen LogP contribution >= 0.6 is 0 Å². The molecule has 2 aromatic rings. The van der Waals surface area contributed by atoms with Gasteiger partial charge >= 0.3 is 0 Å². The highest BCUT2D eigenvalue weighted by Crippen LogP contribution is 2.33. The van der Waals surface area contributed by atoms with Crippen molar-refractivity contribution in [3.8, 4) is 11.4 Å². The molecule has 1 aromatic heterocycles. The summed E-state index contributed by atoms with van der Waals surface area (Å²) < 4.78 is 0. The Hall–Kier alpha value is -1.82. The first-order chi connectivity index (χ1) is 10.7. The van der Waals surface area contributed by atoms with Gasteiger partial charge in [-0.25, -0.2) is 9.97 Å². The van der Waals surface area contributed by atoms with E-state index in [2.05, 4.69) is 9.97 Å². The Bertz CT molecular complexity index is 620. The normalized spacial score (nSPS) is 28.0. The quantitative estimate of drug-likeness (QED) is 0.783. The van der Waals surface area contributed by atoms with Gasteiger partial charge in [-0.1, -0.05) is 30.3 Å². The van der Waals surface area contributed by atoms with Crippen molar-refractivity contribution in [1.29, 1.82) is 0 Å².